The van der Waals surface area contributed by atoms with Crippen LogP contribution in [-0.2, 0) is 0 Å². The van der Waals surface area contributed by atoms with E-state index in [0.717, 1.165) is 15.1 Å². The van der Waals surface area contributed by atoms with E-state index in [1.807, 2.05) is 0 Å². The Bertz CT molecular complexity index is 295. The molecule has 2 atom stereocenters. The van der Waals surface area contributed by atoms with Crippen molar-refractivity contribution in [1.82, 2.24) is 0 Å². The predicted octanol–water partition coefficient (Wildman–Crippen LogP) is 5.33. The third-order valence-electron chi connectivity index (χ3n) is 1.93. The minimum Gasteiger partial charge on any atom is -0.111 e. The van der Waals surface area contributed by atoms with E-state index in [4.69, 9.17) is 23.2 Å². The average Bonchev–Trinajstić information content (AvgIpc) is 2.38. The zero-order chi connectivity index (χ0) is 8.88. The van der Waals surface area contributed by atoms with E-state index in [1.54, 1.807) is 0 Å². The molecule has 0 aliphatic heterocycles. The lowest BCUT2D eigenvalue weighted by Gasteiger charge is -1.99. The fourth-order valence-electron chi connectivity index (χ4n) is 1.40. The van der Waals surface area contributed by atoms with E-state index in [2.05, 4.69) is 31.9 Å². The van der Waals surface area contributed by atoms with E-state index in [-0.39, 0.29) is 0 Å². The van der Waals surface area contributed by atoms with Crippen molar-refractivity contribution in [2.75, 3.05) is 0 Å². The van der Waals surface area contributed by atoms with Crippen molar-refractivity contribution in [3.8, 4) is 0 Å². The zero-order valence-corrected chi connectivity index (χ0v) is 11.3. The van der Waals surface area contributed by atoms with Gasteiger partial charge in [-0.2, -0.15) is 0 Å². The van der Waals surface area contributed by atoms with Gasteiger partial charge < -0.3 is 0 Å². The maximum Gasteiger partial charge on any atom is 0.0990 e. The first-order valence-corrected chi connectivity index (χ1v) is 6.77. The molecule has 0 fully saturated rings. The topological polar surface area (TPSA) is 0 Å². The Hall–Kier alpha value is 1.24. The smallest absolute Gasteiger partial charge is 0.0990 e. The van der Waals surface area contributed by atoms with Crippen LogP contribution in [-0.4, -0.2) is 0 Å². The van der Waals surface area contributed by atoms with Crippen LogP contribution in [0.15, 0.2) is 0 Å². The lowest BCUT2D eigenvalue weighted by atomic mass is 10.2. The molecule has 66 valence electrons. The first-order chi connectivity index (χ1) is 5.61. The van der Waals surface area contributed by atoms with Crippen molar-refractivity contribution in [2.45, 2.75) is 16.1 Å². The average molecular weight is 351 g/mol. The molecule has 0 bridgehead atoms. The molecule has 12 heavy (non-hydrogen) atoms. The van der Waals surface area contributed by atoms with Gasteiger partial charge in [0.25, 0.3) is 0 Å². The number of hydrogen-bond donors (Lipinski definition) is 0. The summed E-state index contributed by atoms with van der Waals surface area (Å²) in [5, 5.41) is 0. The molecular formula is C7H4Br2Cl2S. The molecule has 2 rings (SSSR count). The number of halogens is 4. The van der Waals surface area contributed by atoms with E-state index in [1.165, 1.54) is 22.5 Å². The second-order valence-electron chi connectivity index (χ2n) is 2.65. The fourth-order valence-corrected chi connectivity index (χ4v) is 6.10. The van der Waals surface area contributed by atoms with Gasteiger partial charge in [-0.25, -0.2) is 0 Å². The van der Waals surface area contributed by atoms with Crippen molar-refractivity contribution in [2.24, 2.45) is 0 Å². The molecule has 0 radical (unpaired) electrons. The number of thiophene rings is 1. The van der Waals surface area contributed by atoms with Gasteiger partial charge in [-0.05, 0) is 6.42 Å². The molecule has 1 heterocycles. The lowest BCUT2D eigenvalue weighted by Crippen LogP contribution is -1.78. The van der Waals surface area contributed by atoms with Crippen LogP contribution in [0.2, 0.25) is 8.67 Å². The van der Waals surface area contributed by atoms with E-state index < -0.39 is 0 Å². The summed E-state index contributed by atoms with van der Waals surface area (Å²) in [6.45, 7) is 0. The Morgan fingerprint density at radius 2 is 1.50 bits per heavy atom. The minimum atomic E-state index is 0.355. The third kappa shape index (κ3) is 1.38. The summed E-state index contributed by atoms with van der Waals surface area (Å²) in [6, 6.07) is 0. The van der Waals surface area contributed by atoms with Crippen LogP contribution in [0.5, 0.6) is 0 Å². The van der Waals surface area contributed by atoms with Crippen LogP contribution < -0.4 is 0 Å². The first-order valence-electron chi connectivity index (χ1n) is 3.37. The van der Waals surface area contributed by atoms with Crippen LogP contribution in [0.3, 0.4) is 0 Å². The van der Waals surface area contributed by atoms with Gasteiger partial charge in [0.15, 0.2) is 0 Å². The van der Waals surface area contributed by atoms with Gasteiger partial charge in [0.2, 0.25) is 0 Å². The minimum absolute atomic E-state index is 0.355. The zero-order valence-electron chi connectivity index (χ0n) is 5.78. The normalized spacial score (nSPS) is 27.7. The third-order valence-corrected chi connectivity index (χ3v) is 5.26. The Morgan fingerprint density at radius 3 is 1.92 bits per heavy atom. The highest BCUT2D eigenvalue weighted by Crippen LogP contribution is 2.56. The molecular weight excluding hydrogens is 347 g/mol. The van der Waals surface area contributed by atoms with Gasteiger partial charge >= 0.3 is 0 Å². The van der Waals surface area contributed by atoms with Gasteiger partial charge in [0.05, 0.1) is 8.67 Å². The fraction of sp³-hybridized carbons (Fsp3) is 0.429. The number of alkyl halides is 2. The second kappa shape index (κ2) is 3.43. The molecule has 1 aliphatic carbocycles. The molecule has 0 spiro atoms. The van der Waals surface area contributed by atoms with Gasteiger partial charge in [0, 0.05) is 20.8 Å². The Labute approximate surface area is 102 Å². The Balaban J connectivity index is 2.62. The predicted molar refractivity (Wildman–Crippen MR) is 62.3 cm³/mol. The molecule has 1 aromatic rings. The maximum atomic E-state index is 6.03. The molecule has 0 nitrogen and oxygen atoms in total. The molecule has 0 N–H and O–H groups in total. The maximum absolute atomic E-state index is 6.03. The van der Waals surface area contributed by atoms with Crippen LogP contribution in [0.1, 0.15) is 27.2 Å². The molecule has 0 aromatic carbocycles. The van der Waals surface area contributed by atoms with E-state index >= 15 is 0 Å². The van der Waals surface area contributed by atoms with Crippen LogP contribution in [0, 0.1) is 0 Å². The Morgan fingerprint density at radius 1 is 1.08 bits per heavy atom. The van der Waals surface area contributed by atoms with Crippen LogP contribution in [0.25, 0.3) is 0 Å². The molecule has 1 aromatic heterocycles. The summed E-state index contributed by atoms with van der Waals surface area (Å²) < 4.78 is 1.64. The van der Waals surface area contributed by atoms with E-state index in [0.29, 0.717) is 9.65 Å². The monoisotopic (exact) mass is 348 g/mol. The van der Waals surface area contributed by atoms with Crippen molar-refractivity contribution in [3.05, 3.63) is 19.8 Å². The highest BCUT2D eigenvalue weighted by molar-refractivity contribution is 9.10. The summed E-state index contributed by atoms with van der Waals surface area (Å²) in [5.74, 6) is 0. The van der Waals surface area contributed by atoms with Crippen LogP contribution in [0.4, 0.5) is 0 Å². The van der Waals surface area contributed by atoms with Crippen molar-refractivity contribution < 1.29 is 0 Å². The lowest BCUT2D eigenvalue weighted by molar-refractivity contribution is 0.895. The second-order valence-corrected chi connectivity index (χ2v) is 7.08. The van der Waals surface area contributed by atoms with Crippen molar-refractivity contribution in [1.29, 1.82) is 0 Å². The SMILES string of the molecule is Clc1sc(Cl)c2c1[C@H](Br)C[C@@H]2Br. The molecule has 1 aliphatic rings. The van der Waals surface area contributed by atoms with Gasteiger partial charge in [-0.1, -0.05) is 55.1 Å². The number of rotatable bonds is 0. The number of hydrogen-bond acceptors (Lipinski definition) is 1. The quantitative estimate of drug-likeness (QED) is 0.555. The summed E-state index contributed by atoms with van der Waals surface area (Å²) >= 11 is 20.7. The van der Waals surface area contributed by atoms with Gasteiger partial charge in [0.1, 0.15) is 0 Å². The molecule has 0 unspecified atom stereocenters. The first kappa shape index (κ1) is 9.78. The molecule has 0 saturated heterocycles. The number of fused-ring (bicyclic) bond motifs is 1. The van der Waals surface area contributed by atoms with Gasteiger partial charge in [-0.15, -0.1) is 11.3 Å². The van der Waals surface area contributed by atoms with E-state index in [9.17, 15) is 0 Å². The molecule has 0 amide bonds. The van der Waals surface area contributed by atoms with Gasteiger partial charge in [-0.3, -0.25) is 0 Å². The summed E-state index contributed by atoms with van der Waals surface area (Å²) in [7, 11) is 0. The summed E-state index contributed by atoms with van der Waals surface area (Å²) in [4.78, 5) is 0.709. The highest BCUT2D eigenvalue weighted by atomic mass is 79.9. The molecule has 5 heteroatoms. The van der Waals surface area contributed by atoms with Crippen molar-refractivity contribution >= 4 is 66.4 Å². The highest BCUT2D eigenvalue weighted by Gasteiger charge is 2.33. The summed E-state index contributed by atoms with van der Waals surface area (Å²) in [5.41, 5.74) is 2.35. The molecule has 0 saturated carbocycles. The standard InChI is InChI=1S/C7H4Br2Cl2S/c8-2-1-3(9)5-4(2)6(10)12-7(5)11/h2-3H,1H2/t2-,3+. The van der Waals surface area contributed by atoms with Crippen molar-refractivity contribution in [3.63, 3.8) is 0 Å². The largest absolute Gasteiger partial charge is 0.111 e. The van der Waals surface area contributed by atoms with Crippen LogP contribution >= 0.6 is 66.4 Å². The summed E-state index contributed by atoms with van der Waals surface area (Å²) in [6.07, 6.45) is 1.03. The Kier molecular flexibility index (Phi) is 2.79.